The number of likely N-dealkylation sites (tertiary alicyclic amines) is 1. The molecule has 0 saturated carbocycles. The molecular formula is C17H24N4O2. The van der Waals surface area contributed by atoms with Crippen molar-refractivity contribution < 1.29 is 9.59 Å². The van der Waals surface area contributed by atoms with E-state index in [-0.39, 0.29) is 18.4 Å². The molecule has 3 rings (SSSR count). The molecule has 2 fully saturated rings. The normalized spacial score (nSPS) is 24.3. The van der Waals surface area contributed by atoms with Gasteiger partial charge in [0.05, 0.1) is 12.5 Å². The first kappa shape index (κ1) is 15.8. The van der Waals surface area contributed by atoms with Gasteiger partial charge in [-0.3, -0.25) is 4.79 Å². The third-order valence-electron chi connectivity index (χ3n) is 5.00. The van der Waals surface area contributed by atoms with Crippen molar-refractivity contribution in [3.8, 4) is 0 Å². The SMILES string of the molecule is Cc1ccccc1C(CC(=O)N1C[C@H]2CNC[C@H]2C1)NC(N)=O. The summed E-state index contributed by atoms with van der Waals surface area (Å²) in [5.41, 5.74) is 7.29. The highest BCUT2D eigenvalue weighted by molar-refractivity contribution is 5.79. The van der Waals surface area contributed by atoms with Crippen LogP contribution in [0.15, 0.2) is 24.3 Å². The van der Waals surface area contributed by atoms with Crippen molar-refractivity contribution in [1.29, 1.82) is 0 Å². The van der Waals surface area contributed by atoms with E-state index in [0.29, 0.717) is 11.8 Å². The zero-order chi connectivity index (χ0) is 16.4. The van der Waals surface area contributed by atoms with Gasteiger partial charge in [0.25, 0.3) is 0 Å². The highest BCUT2D eigenvalue weighted by Crippen LogP contribution is 2.28. The summed E-state index contributed by atoms with van der Waals surface area (Å²) in [5.74, 6) is 1.22. The summed E-state index contributed by atoms with van der Waals surface area (Å²) in [6.07, 6.45) is 0.251. The average molecular weight is 316 g/mol. The van der Waals surface area contributed by atoms with Gasteiger partial charge in [-0.05, 0) is 29.9 Å². The summed E-state index contributed by atoms with van der Waals surface area (Å²) < 4.78 is 0. The van der Waals surface area contributed by atoms with Crippen LogP contribution in [0.5, 0.6) is 0 Å². The van der Waals surface area contributed by atoms with E-state index >= 15 is 0 Å². The third kappa shape index (κ3) is 3.47. The molecule has 3 atom stereocenters. The molecule has 0 bridgehead atoms. The van der Waals surface area contributed by atoms with E-state index < -0.39 is 6.03 Å². The summed E-state index contributed by atoms with van der Waals surface area (Å²) >= 11 is 0. The first-order chi connectivity index (χ1) is 11.0. The van der Waals surface area contributed by atoms with E-state index in [2.05, 4.69) is 10.6 Å². The average Bonchev–Trinajstić information content (AvgIpc) is 3.07. The lowest BCUT2D eigenvalue weighted by atomic mass is 9.98. The fraction of sp³-hybridized carbons (Fsp3) is 0.529. The van der Waals surface area contributed by atoms with E-state index in [9.17, 15) is 9.59 Å². The van der Waals surface area contributed by atoms with Gasteiger partial charge >= 0.3 is 6.03 Å². The van der Waals surface area contributed by atoms with Gasteiger partial charge in [0.15, 0.2) is 0 Å². The molecule has 0 aliphatic carbocycles. The molecule has 4 N–H and O–H groups in total. The lowest BCUT2D eigenvalue weighted by molar-refractivity contribution is -0.130. The number of nitrogens with two attached hydrogens (primary N) is 1. The van der Waals surface area contributed by atoms with Crippen molar-refractivity contribution in [2.75, 3.05) is 26.2 Å². The number of nitrogens with zero attached hydrogens (tertiary/aromatic N) is 1. The summed E-state index contributed by atoms with van der Waals surface area (Å²) in [6.45, 7) is 5.59. The number of urea groups is 1. The molecule has 6 heteroatoms. The summed E-state index contributed by atoms with van der Waals surface area (Å²) in [5, 5.41) is 6.09. The Morgan fingerprint density at radius 2 is 1.96 bits per heavy atom. The molecule has 1 aromatic rings. The second-order valence-electron chi connectivity index (χ2n) is 6.60. The van der Waals surface area contributed by atoms with Crippen LogP contribution in [0.2, 0.25) is 0 Å². The molecule has 2 heterocycles. The lowest BCUT2D eigenvalue weighted by Gasteiger charge is -2.23. The lowest BCUT2D eigenvalue weighted by Crippen LogP contribution is -2.38. The molecule has 1 unspecified atom stereocenters. The Bertz CT molecular complexity index is 592. The van der Waals surface area contributed by atoms with Gasteiger partial charge in [0.2, 0.25) is 5.91 Å². The number of aryl methyl sites for hydroxylation is 1. The minimum Gasteiger partial charge on any atom is -0.352 e. The van der Waals surface area contributed by atoms with Crippen molar-refractivity contribution in [2.45, 2.75) is 19.4 Å². The van der Waals surface area contributed by atoms with Crippen LogP contribution >= 0.6 is 0 Å². The molecule has 23 heavy (non-hydrogen) atoms. The summed E-state index contributed by atoms with van der Waals surface area (Å²) in [4.78, 5) is 25.9. The molecule has 2 aliphatic heterocycles. The molecule has 0 radical (unpaired) electrons. The number of amides is 3. The van der Waals surface area contributed by atoms with Gasteiger partial charge in [0.1, 0.15) is 0 Å². The molecule has 3 amide bonds. The molecule has 6 nitrogen and oxygen atoms in total. The van der Waals surface area contributed by atoms with E-state index in [1.165, 1.54) is 0 Å². The third-order valence-corrected chi connectivity index (χ3v) is 5.00. The smallest absolute Gasteiger partial charge is 0.312 e. The first-order valence-corrected chi connectivity index (χ1v) is 8.14. The second kappa shape index (κ2) is 6.58. The predicted molar refractivity (Wildman–Crippen MR) is 87.7 cm³/mol. The Hall–Kier alpha value is -2.08. The van der Waals surface area contributed by atoms with Gasteiger partial charge in [-0.1, -0.05) is 24.3 Å². The largest absolute Gasteiger partial charge is 0.352 e. The fourth-order valence-corrected chi connectivity index (χ4v) is 3.75. The van der Waals surface area contributed by atoms with Gasteiger partial charge in [-0.2, -0.15) is 0 Å². The Balaban J connectivity index is 1.70. The molecule has 1 aromatic carbocycles. The van der Waals surface area contributed by atoms with Gasteiger partial charge in [0, 0.05) is 26.2 Å². The Morgan fingerprint density at radius 1 is 1.30 bits per heavy atom. The molecule has 124 valence electrons. The summed E-state index contributed by atoms with van der Waals surface area (Å²) in [7, 11) is 0. The number of fused-ring (bicyclic) bond motifs is 1. The maximum atomic E-state index is 12.7. The van der Waals surface area contributed by atoms with Gasteiger partial charge < -0.3 is 21.3 Å². The first-order valence-electron chi connectivity index (χ1n) is 8.14. The van der Waals surface area contributed by atoms with Crippen LogP contribution in [0.25, 0.3) is 0 Å². The van der Waals surface area contributed by atoms with Crippen LogP contribution in [0.1, 0.15) is 23.6 Å². The molecule has 2 saturated heterocycles. The van der Waals surface area contributed by atoms with Crippen molar-refractivity contribution in [3.63, 3.8) is 0 Å². The van der Waals surface area contributed by atoms with Gasteiger partial charge in [-0.25, -0.2) is 4.79 Å². The standard InChI is InChI=1S/C17H24N4O2/c1-11-4-2-3-5-14(11)15(20-17(18)23)6-16(22)21-9-12-7-19-8-13(12)10-21/h2-5,12-13,15,19H,6-10H2,1H3,(H3,18,20,23)/t12-,13+,15?. The zero-order valence-corrected chi connectivity index (χ0v) is 13.4. The Morgan fingerprint density at radius 3 is 2.57 bits per heavy atom. The number of carbonyl (C=O) groups is 2. The van der Waals surface area contributed by atoms with Crippen LogP contribution in [-0.2, 0) is 4.79 Å². The van der Waals surface area contributed by atoms with E-state index in [1.807, 2.05) is 36.1 Å². The number of rotatable bonds is 4. The van der Waals surface area contributed by atoms with E-state index in [1.54, 1.807) is 0 Å². The molecule has 2 aliphatic rings. The maximum absolute atomic E-state index is 12.7. The van der Waals surface area contributed by atoms with Gasteiger partial charge in [-0.15, -0.1) is 0 Å². The molecular weight excluding hydrogens is 292 g/mol. The number of primary amides is 1. The molecule has 0 spiro atoms. The van der Waals surface area contributed by atoms with E-state index in [4.69, 9.17) is 5.73 Å². The van der Waals surface area contributed by atoms with Crippen LogP contribution in [0, 0.1) is 18.8 Å². The Labute approximate surface area is 136 Å². The maximum Gasteiger partial charge on any atom is 0.312 e. The van der Waals surface area contributed by atoms with Crippen molar-refractivity contribution in [1.82, 2.24) is 15.5 Å². The van der Waals surface area contributed by atoms with Crippen LogP contribution in [-0.4, -0.2) is 43.0 Å². The van der Waals surface area contributed by atoms with Crippen molar-refractivity contribution >= 4 is 11.9 Å². The number of carbonyl (C=O) groups excluding carboxylic acids is 2. The number of benzene rings is 1. The number of nitrogens with one attached hydrogen (secondary N) is 2. The fourth-order valence-electron chi connectivity index (χ4n) is 3.75. The highest BCUT2D eigenvalue weighted by Gasteiger charge is 2.38. The van der Waals surface area contributed by atoms with Crippen molar-refractivity contribution in [3.05, 3.63) is 35.4 Å². The van der Waals surface area contributed by atoms with E-state index in [0.717, 1.165) is 37.3 Å². The number of hydrogen-bond acceptors (Lipinski definition) is 3. The second-order valence-corrected chi connectivity index (χ2v) is 6.60. The zero-order valence-electron chi connectivity index (χ0n) is 13.4. The minimum atomic E-state index is -0.603. The van der Waals surface area contributed by atoms with Crippen LogP contribution in [0.3, 0.4) is 0 Å². The van der Waals surface area contributed by atoms with Crippen molar-refractivity contribution in [2.24, 2.45) is 17.6 Å². The summed E-state index contributed by atoms with van der Waals surface area (Å²) in [6, 6.07) is 6.78. The minimum absolute atomic E-state index is 0.0846. The predicted octanol–water partition coefficient (Wildman–Crippen LogP) is 0.772. The number of hydrogen-bond donors (Lipinski definition) is 3. The Kier molecular flexibility index (Phi) is 4.52. The molecule has 0 aromatic heterocycles. The van der Waals surface area contributed by atoms with Crippen LogP contribution < -0.4 is 16.4 Å². The highest BCUT2D eigenvalue weighted by atomic mass is 16.2. The topological polar surface area (TPSA) is 87.5 Å². The van der Waals surface area contributed by atoms with Crippen LogP contribution in [0.4, 0.5) is 4.79 Å². The monoisotopic (exact) mass is 316 g/mol. The quantitative estimate of drug-likeness (QED) is 0.767.